The lowest BCUT2D eigenvalue weighted by Gasteiger charge is -2.58. The molecule has 4 rings (SSSR count). The SMILES string of the molecule is CC(=O)OC12CC3CC(C1)C(N)C(C3)C2. The number of nitrogens with two attached hydrogens (primary N) is 1. The van der Waals surface area contributed by atoms with Crippen LogP contribution in [0.1, 0.15) is 39.0 Å². The van der Waals surface area contributed by atoms with E-state index >= 15 is 0 Å². The minimum absolute atomic E-state index is 0.120. The van der Waals surface area contributed by atoms with Gasteiger partial charge in [-0.25, -0.2) is 0 Å². The van der Waals surface area contributed by atoms with Crippen LogP contribution in [-0.2, 0) is 9.53 Å². The summed E-state index contributed by atoms with van der Waals surface area (Å²) in [5.74, 6) is 1.86. The van der Waals surface area contributed by atoms with Crippen molar-refractivity contribution in [2.24, 2.45) is 23.5 Å². The summed E-state index contributed by atoms with van der Waals surface area (Å²) in [6, 6.07) is 0.366. The highest BCUT2D eigenvalue weighted by Crippen LogP contribution is 2.56. The first kappa shape index (κ1) is 9.64. The second-order valence-electron chi connectivity index (χ2n) is 5.82. The normalized spacial score (nSPS) is 51.9. The molecule has 0 aliphatic heterocycles. The summed E-state index contributed by atoms with van der Waals surface area (Å²) in [7, 11) is 0. The zero-order chi connectivity index (χ0) is 10.6. The van der Waals surface area contributed by atoms with Crippen molar-refractivity contribution < 1.29 is 9.53 Å². The Morgan fingerprint density at radius 1 is 1.27 bits per heavy atom. The average Bonchev–Trinajstić information content (AvgIpc) is 2.10. The van der Waals surface area contributed by atoms with Gasteiger partial charge in [-0.3, -0.25) is 4.79 Å². The summed E-state index contributed by atoms with van der Waals surface area (Å²) in [6.45, 7) is 1.53. The minimum atomic E-state index is -0.127. The lowest BCUT2D eigenvalue weighted by Crippen LogP contribution is -2.60. The van der Waals surface area contributed by atoms with Crippen molar-refractivity contribution in [1.29, 1.82) is 0 Å². The molecule has 4 bridgehead atoms. The van der Waals surface area contributed by atoms with E-state index < -0.39 is 0 Å². The van der Waals surface area contributed by atoms with Gasteiger partial charge in [0, 0.05) is 13.0 Å². The van der Waals surface area contributed by atoms with Crippen LogP contribution in [0.3, 0.4) is 0 Å². The van der Waals surface area contributed by atoms with E-state index in [1.165, 1.54) is 19.8 Å². The van der Waals surface area contributed by atoms with Crippen LogP contribution in [0.4, 0.5) is 0 Å². The maximum atomic E-state index is 11.2. The largest absolute Gasteiger partial charge is 0.459 e. The molecule has 3 nitrogen and oxygen atoms in total. The van der Waals surface area contributed by atoms with Gasteiger partial charge in [-0.1, -0.05) is 0 Å². The second-order valence-corrected chi connectivity index (χ2v) is 5.82. The molecule has 0 aromatic rings. The number of ether oxygens (including phenoxy) is 1. The summed E-state index contributed by atoms with van der Waals surface area (Å²) in [6.07, 6.45) is 5.65. The van der Waals surface area contributed by atoms with Gasteiger partial charge < -0.3 is 10.5 Å². The van der Waals surface area contributed by atoms with Gasteiger partial charge >= 0.3 is 5.97 Å². The van der Waals surface area contributed by atoms with Gasteiger partial charge in [-0.15, -0.1) is 0 Å². The number of rotatable bonds is 1. The Bertz CT molecular complexity index is 286. The smallest absolute Gasteiger partial charge is 0.303 e. The van der Waals surface area contributed by atoms with Crippen molar-refractivity contribution in [3.05, 3.63) is 0 Å². The highest BCUT2D eigenvalue weighted by atomic mass is 16.6. The number of hydrogen-bond acceptors (Lipinski definition) is 3. The Morgan fingerprint density at radius 3 is 2.40 bits per heavy atom. The van der Waals surface area contributed by atoms with E-state index in [2.05, 4.69) is 0 Å². The summed E-state index contributed by atoms with van der Waals surface area (Å²) >= 11 is 0. The molecule has 4 aliphatic carbocycles. The maximum Gasteiger partial charge on any atom is 0.303 e. The van der Waals surface area contributed by atoms with Crippen molar-refractivity contribution in [1.82, 2.24) is 0 Å². The lowest BCUT2D eigenvalue weighted by atomic mass is 9.52. The van der Waals surface area contributed by atoms with Gasteiger partial charge in [0.2, 0.25) is 0 Å². The molecule has 15 heavy (non-hydrogen) atoms. The Morgan fingerprint density at radius 2 is 1.87 bits per heavy atom. The van der Waals surface area contributed by atoms with Crippen LogP contribution in [0.5, 0.6) is 0 Å². The molecule has 2 atom stereocenters. The standard InChI is InChI=1S/C12H19NO2/c1-7(14)15-12-4-8-2-9(5-12)11(13)10(3-8)6-12/h8-11H,2-6,13H2,1H3. The van der Waals surface area contributed by atoms with Crippen molar-refractivity contribution in [2.75, 3.05) is 0 Å². The summed E-state index contributed by atoms with van der Waals surface area (Å²) in [4.78, 5) is 11.2. The Hall–Kier alpha value is -0.570. The van der Waals surface area contributed by atoms with Crippen molar-refractivity contribution in [3.63, 3.8) is 0 Å². The van der Waals surface area contributed by atoms with Crippen LogP contribution in [0.2, 0.25) is 0 Å². The van der Waals surface area contributed by atoms with E-state index in [1.807, 2.05) is 0 Å². The quantitative estimate of drug-likeness (QED) is 0.665. The average molecular weight is 209 g/mol. The van der Waals surface area contributed by atoms with E-state index in [4.69, 9.17) is 10.5 Å². The number of carbonyl (C=O) groups is 1. The van der Waals surface area contributed by atoms with Crippen LogP contribution in [0, 0.1) is 17.8 Å². The molecule has 3 heteroatoms. The van der Waals surface area contributed by atoms with Gasteiger partial charge in [0.15, 0.2) is 0 Å². The van der Waals surface area contributed by atoms with Crippen LogP contribution < -0.4 is 5.73 Å². The van der Waals surface area contributed by atoms with Crippen molar-refractivity contribution >= 4 is 5.97 Å². The fourth-order valence-corrected chi connectivity index (χ4v) is 4.42. The zero-order valence-electron chi connectivity index (χ0n) is 9.24. The van der Waals surface area contributed by atoms with Crippen LogP contribution in [0.15, 0.2) is 0 Å². The third-order valence-electron chi connectivity index (χ3n) is 4.65. The summed E-state index contributed by atoms with van der Waals surface area (Å²) in [5, 5.41) is 0. The van der Waals surface area contributed by atoms with E-state index in [0.717, 1.165) is 25.2 Å². The molecule has 4 aliphatic rings. The van der Waals surface area contributed by atoms with E-state index in [0.29, 0.717) is 17.9 Å². The summed E-state index contributed by atoms with van der Waals surface area (Å²) < 4.78 is 5.60. The first-order chi connectivity index (χ1) is 7.08. The molecule has 0 radical (unpaired) electrons. The van der Waals surface area contributed by atoms with Gasteiger partial charge in [0.05, 0.1) is 0 Å². The Kier molecular flexibility index (Phi) is 1.91. The summed E-state index contributed by atoms with van der Waals surface area (Å²) in [5.41, 5.74) is 6.09. The maximum absolute atomic E-state index is 11.2. The number of hydrogen-bond donors (Lipinski definition) is 1. The lowest BCUT2D eigenvalue weighted by molar-refractivity contribution is -0.186. The van der Waals surface area contributed by atoms with Crippen molar-refractivity contribution in [3.8, 4) is 0 Å². The van der Waals surface area contributed by atoms with Crippen molar-refractivity contribution in [2.45, 2.75) is 50.7 Å². The third kappa shape index (κ3) is 1.40. The molecule has 84 valence electrons. The molecule has 0 heterocycles. The first-order valence-corrected chi connectivity index (χ1v) is 6.03. The van der Waals surface area contributed by atoms with Gasteiger partial charge in [-0.05, 0) is 49.9 Å². The van der Waals surface area contributed by atoms with Gasteiger partial charge in [0.1, 0.15) is 5.60 Å². The van der Waals surface area contributed by atoms with E-state index in [-0.39, 0.29) is 11.6 Å². The Balaban J connectivity index is 1.85. The molecular weight excluding hydrogens is 190 g/mol. The topological polar surface area (TPSA) is 52.3 Å². The van der Waals surface area contributed by atoms with Crippen LogP contribution in [-0.4, -0.2) is 17.6 Å². The first-order valence-electron chi connectivity index (χ1n) is 6.03. The molecule has 0 aromatic heterocycles. The number of esters is 1. The molecule has 0 amide bonds. The third-order valence-corrected chi connectivity index (χ3v) is 4.65. The predicted octanol–water partition coefficient (Wildman–Crippen LogP) is 1.46. The minimum Gasteiger partial charge on any atom is -0.459 e. The molecule has 2 N–H and O–H groups in total. The zero-order valence-corrected chi connectivity index (χ0v) is 9.24. The molecular formula is C12H19NO2. The molecule has 4 fully saturated rings. The predicted molar refractivity (Wildman–Crippen MR) is 56.0 cm³/mol. The second kappa shape index (κ2) is 2.97. The van der Waals surface area contributed by atoms with Gasteiger partial charge in [0.25, 0.3) is 0 Å². The monoisotopic (exact) mass is 209 g/mol. The van der Waals surface area contributed by atoms with E-state index in [1.54, 1.807) is 0 Å². The molecule has 0 aromatic carbocycles. The Labute approximate surface area is 90.4 Å². The highest BCUT2D eigenvalue weighted by molar-refractivity contribution is 5.66. The molecule has 2 unspecified atom stereocenters. The molecule has 0 spiro atoms. The molecule has 4 saturated carbocycles. The highest BCUT2D eigenvalue weighted by Gasteiger charge is 2.56. The van der Waals surface area contributed by atoms with E-state index in [9.17, 15) is 4.79 Å². The molecule has 0 saturated heterocycles. The number of carbonyl (C=O) groups excluding carboxylic acids is 1. The van der Waals surface area contributed by atoms with Gasteiger partial charge in [-0.2, -0.15) is 0 Å². The van der Waals surface area contributed by atoms with Crippen LogP contribution >= 0.6 is 0 Å². The fourth-order valence-electron chi connectivity index (χ4n) is 4.42. The fraction of sp³-hybridized carbons (Fsp3) is 0.917. The van der Waals surface area contributed by atoms with Crippen LogP contribution in [0.25, 0.3) is 0 Å².